The summed E-state index contributed by atoms with van der Waals surface area (Å²) in [6.45, 7) is 0.375. The molecule has 0 bridgehead atoms. The fourth-order valence-electron chi connectivity index (χ4n) is 0.886. The summed E-state index contributed by atoms with van der Waals surface area (Å²) in [6, 6.07) is 10.3. The molecule has 0 amide bonds. The lowest BCUT2D eigenvalue weighted by molar-refractivity contribution is 0.472. The summed E-state index contributed by atoms with van der Waals surface area (Å²) in [7, 11) is -1.54. The van der Waals surface area contributed by atoms with Gasteiger partial charge in [0.05, 0.1) is 6.26 Å². The van der Waals surface area contributed by atoms with Crippen LogP contribution in [-0.2, 0) is 16.6 Å². The van der Waals surface area contributed by atoms with E-state index in [1.807, 2.05) is 18.2 Å². The van der Waals surface area contributed by atoms with Gasteiger partial charge in [-0.1, -0.05) is 24.3 Å². The van der Waals surface area contributed by atoms with Crippen LogP contribution in [0.3, 0.4) is 0 Å². The largest absolute Gasteiger partial charge is 0.213 e. The summed E-state index contributed by atoms with van der Waals surface area (Å²) in [5.41, 5.74) is 0.871. The van der Waals surface area contributed by atoms with Gasteiger partial charge in [-0.05, 0) is 11.6 Å². The van der Waals surface area contributed by atoms with Crippen molar-refractivity contribution in [3.8, 4) is 0 Å². The van der Waals surface area contributed by atoms with Gasteiger partial charge in [0.25, 0.3) is 0 Å². The molecule has 71 valence electrons. The van der Waals surface area contributed by atoms with Crippen LogP contribution in [-0.4, -0.2) is 26.0 Å². The molecule has 1 radical (unpaired) electrons. The molecule has 0 unspecified atom stereocenters. The molecule has 0 spiro atoms. The minimum atomic E-state index is -3.09. The summed E-state index contributed by atoms with van der Waals surface area (Å²) in [4.78, 5) is 0. The van der Waals surface area contributed by atoms with E-state index in [4.69, 9.17) is 0 Å². The van der Waals surface area contributed by atoms with Crippen LogP contribution in [0, 0.1) is 6.07 Å². The predicted molar refractivity (Wildman–Crippen MR) is 51.6 cm³/mol. The van der Waals surface area contributed by atoms with E-state index < -0.39 is 10.0 Å². The minimum absolute atomic E-state index is 0.375. The van der Waals surface area contributed by atoms with Crippen LogP contribution >= 0.6 is 0 Å². The Morgan fingerprint density at radius 3 is 2.62 bits per heavy atom. The third-order valence-electron chi connectivity index (χ3n) is 1.73. The molecule has 0 aromatic heterocycles. The van der Waals surface area contributed by atoms with Gasteiger partial charge >= 0.3 is 0 Å². The molecular formula is C9H12NO2S. The zero-order chi connectivity index (χ0) is 9.90. The van der Waals surface area contributed by atoms with E-state index in [2.05, 4.69) is 6.07 Å². The quantitative estimate of drug-likeness (QED) is 0.723. The monoisotopic (exact) mass is 198 g/mol. The molecular weight excluding hydrogens is 186 g/mol. The second-order valence-electron chi connectivity index (χ2n) is 2.91. The molecule has 0 atom stereocenters. The molecule has 0 saturated carbocycles. The Bertz CT molecular complexity index is 358. The number of sulfonamides is 1. The fourth-order valence-corrected chi connectivity index (χ4v) is 1.26. The molecule has 1 aromatic rings. The number of benzene rings is 1. The maximum atomic E-state index is 11.0. The molecule has 13 heavy (non-hydrogen) atoms. The maximum Gasteiger partial charge on any atom is 0.211 e. The highest BCUT2D eigenvalue weighted by Crippen LogP contribution is 2.04. The number of nitrogens with zero attached hydrogens (tertiary/aromatic N) is 1. The third-order valence-corrected chi connectivity index (χ3v) is 2.99. The molecule has 0 aliphatic carbocycles. The zero-order valence-corrected chi connectivity index (χ0v) is 8.50. The van der Waals surface area contributed by atoms with E-state index in [9.17, 15) is 8.42 Å². The van der Waals surface area contributed by atoms with Crippen LogP contribution < -0.4 is 0 Å². The van der Waals surface area contributed by atoms with Crippen LogP contribution in [0.15, 0.2) is 24.3 Å². The van der Waals surface area contributed by atoms with Crippen LogP contribution in [0.1, 0.15) is 5.56 Å². The third kappa shape index (κ3) is 3.16. The molecule has 0 aliphatic rings. The lowest BCUT2D eigenvalue weighted by Crippen LogP contribution is -2.24. The number of hydrogen-bond donors (Lipinski definition) is 0. The van der Waals surface area contributed by atoms with Gasteiger partial charge in [0, 0.05) is 13.6 Å². The number of rotatable bonds is 3. The Hall–Kier alpha value is -0.870. The van der Waals surface area contributed by atoms with Crippen LogP contribution in [0.25, 0.3) is 0 Å². The van der Waals surface area contributed by atoms with Crippen molar-refractivity contribution in [3.63, 3.8) is 0 Å². The van der Waals surface area contributed by atoms with Gasteiger partial charge in [0.2, 0.25) is 10.0 Å². The van der Waals surface area contributed by atoms with Gasteiger partial charge in [-0.2, -0.15) is 0 Å². The first-order valence-corrected chi connectivity index (χ1v) is 5.72. The summed E-state index contributed by atoms with van der Waals surface area (Å²) in [5, 5.41) is 0. The Labute approximate surface area is 79.0 Å². The molecule has 1 aromatic carbocycles. The summed E-state index contributed by atoms with van der Waals surface area (Å²) < 4.78 is 23.4. The van der Waals surface area contributed by atoms with Crippen molar-refractivity contribution in [2.75, 3.05) is 13.3 Å². The molecule has 0 N–H and O–H groups in total. The molecule has 1 rings (SSSR count). The molecule has 0 aliphatic heterocycles. The van der Waals surface area contributed by atoms with Crippen molar-refractivity contribution in [2.24, 2.45) is 0 Å². The minimum Gasteiger partial charge on any atom is -0.213 e. The second kappa shape index (κ2) is 3.89. The van der Waals surface area contributed by atoms with E-state index in [0.29, 0.717) is 6.54 Å². The van der Waals surface area contributed by atoms with Gasteiger partial charge in [-0.25, -0.2) is 12.7 Å². The van der Waals surface area contributed by atoms with Crippen molar-refractivity contribution < 1.29 is 8.42 Å². The highest BCUT2D eigenvalue weighted by molar-refractivity contribution is 7.88. The Morgan fingerprint density at radius 1 is 1.46 bits per heavy atom. The summed E-state index contributed by atoms with van der Waals surface area (Å²) in [6.07, 6.45) is 1.19. The van der Waals surface area contributed by atoms with E-state index in [0.717, 1.165) is 5.56 Å². The van der Waals surface area contributed by atoms with Crippen LogP contribution in [0.4, 0.5) is 0 Å². The lowest BCUT2D eigenvalue weighted by Gasteiger charge is -2.13. The standard InChI is InChI=1S/C9H12NO2S/c1-10(13(2,11)12)8-9-6-4-3-5-7-9/h3-6H,8H2,1-2H3. The average Bonchev–Trinajstić information content (AvgIpc) is 2.04. The highest BCUT2D eigenvalue weighted by Gasteiger charge is 2.10. The molecule has 0 saturated heterocycles. The van der Waals surface area contributed by atoms with Crippen LogP contribution in [0.5, 0.6) is 0 Å². The number of hydrogen-bond acceptors (Lipinski definition) is 2. The predicted octanol–water partition coefficient (Wildman–Crippen LogP) is 0.878. The van der Waals surface area contributed by atoms with Gasteiger partial charge in [-0.3, -0.25) is 0 Å². The molecule has 4 heteroatoms. The SMILES string of the molecule is CN(Cc1[c]cccc1)S(C)(=O)=O. The maximum absolute atomic E-state index is 11.0. The van der Waals surface area contributed by atoms with Crippen LogP contribution in [0.2, 0.25) is 0 Å². The average molecular weight is 198 g/mol. The van der Waals surface area contributed by atoms with Crippen molar-refractivity contribution in [3.05, 3.63) is 35.9 Å². The first-order valence-electron chi connectivity index (χ1n) is 3.87. The van der Waals surface area contributed by atoms with Crippen molar-refractivity contribution in [1.82, 2.24) is 4.31 Å². The Morgan fingerprint density at radius 2 is 2.15 bits per heavy atom. The molecule has 0 heterocycles. The van der Waals surface area contributed by atoms with Crippen molar-refractivity contribution in [2.45, 2.75) is 6.54 Å². The zero-order valence-electron chi connectivity index (χ0n) is 7.69. The normalized spacial score (nSPS) is 11.9. The summed E-state index contributed by atoms with van der Waals surface area (Å²) >= 11 is 0. The summed E-state index contributed by atoms with van der Waals surface area (Å²) in [5.74, 6) is 0. The Kier molecular flexibility index (Phi) is 3.06. The van der Waals surface area contributed by atoms with Crippen molar-refractivity contribution >= 4 is 10.0 Å². The van der Waals surface area contributed by atoms with E-state index in [1.54, 1.807) is 13.1 Å². The Balaban J connectivity index is 2.72. The topological polar surface area (TPSA) is 37.4 Å². The fraction of sp³-hybridized carbons (Fsp3) is 0.333. The van der Waals surface area contributed by atoms with Crippen molar-refractivity contribution in [1.29, 1.82) is 0 Å². The first kappa shape index (κ1) is 10.2. The van der Waals surface area contributed by atoms with E-state index >= 15 is 0 Å². The van der Waals surface area contributed by atoms with Gasteiger partial charge in [-0.15, -0.1) is 0 Å². The highest BCUT2D eigenvalue weighted by atomic mass is 32.2. The second-order valence-corrected chi connectivity index (χ2v) is 5.00. The first-order chi connectivity index (χ1) is 6.00. The lowest BCUT2D eigenvalue weighted by atomic mass is 10.2. The van der Waals surface area contributed by atoms with Gasteiger partial charge < -0.3 is 0 Å². The van der Waals surface area contributed by atoms with Gasteiger partial charge in [0.1, 0.15) is 0 Å². The van der Waals surface area contributed by atoms with Gasteiger partial charge in [0.15, 0.2) is 0 Å². The molecule has 3 nitrogen and oxygen atoms in total. The molecule has 0 fully saturated rings. The van der Waals surface area contributed by atoms with E-state index in [1.165, 1.54) is 10.6 Å². The van der Waals surface area contributed by atoms with E-state index in [-0.39, 0.29) is 0 Å². The smallest absolute Gasteiger partial charge is 0.211 e.